The molecule has 2 heterocycles. The van der Waals surface area contributed by atoms with Crippen molar-refractivity contribution in [1.82, 2.24) is 4.90 Å². The van der Waals surface area contributed by atoms with Crippen LogP contribution in [0.25, 0.3) is 0 Å². The quantitative estimate of drug-likeness (QED) is 0.743. The zero-order chi connectivity index (χ0) is 19.3. The summed E-state index contributed by atoms with van der Waals surface area (Å²) in [5.41, 5.74) is 2.58. The van der Waals surface area contributed by atoms with Gasteiger partial charge in [0.25, 0.3) is 5.91 Å². The fraction of sp³-hybridized carbons (Fsp3) is 0.409. The molecule has 2 aliphatic heterocycles. The number of carbonyl (C=O) groups excluding carboxylic acids is 1. The summed E-state index contributed by atoms with van der Waals surface area (Å²) < 4.78 is 16.5. The predicted octanol–water partition coefficient (Wildman–Crippen LogP) is 3.46. The van der Waals surface area contributed by atoms with E-state index in [1.165, 1.54) is 0 Å². The third kappa shape index (κ3) is 3.98. The fourth-order valence-electron chi connectivity index (χ4n) is 3.74. The Kier molecular flexibility index (Phi) is 5.78. The van der Waals surface area contributed by atoms with Gasteiger partial charge in [0.1, 0.15) is 18.5 Å². The first-order valence-electron chi connectivity index (χ1n) is 9.76. The molecule has 0 spiro atoms. The number of nitrogens with one attached hydrogen (secondary N) is 1. The topological polar surface area (TPSA) is 60.0 Å². The molecule has 6 nitrogen and oxygen atoms in total. The van der Waals surface area contributed by atoms with E-state index in [2.05, 4.69) is 5.32 Å². The first-order valence-corrected chi connectivity index (χ1v) is 9.76. The molecular weight excluding hydrogens is 356 g/mol. The molecule has 0 aliphatic carbocycles. The van der Waals surface area contributed by atoms with Crippen molar-refractivity contribution in [2.45, 2.75) is 25.1 Å². The number of methoxy groups -OCH3 is 1. The Hall–Kier alpha value is -2.57. The van der Waals surface area contributed by atoms with Gasteiger partial charge in [0.15, 0.2) is 0 Å². The molecule has 28 heavy (non-hydrogen) atoms. The average Bonchev–Trinajstić information content (AvgIpc) is 3.24. The third-order valence-electron chi connectivity index (χ3n) is 5.20. The Morgan fingerprint density at radius 1 is 1.14 bits per heavy atom. The minimum absolute atomic E-state index is 0.0373. The van der Waals surface area contributed by atoms with Crippen molar-refractivity contribution < 1.29 is 19.0 Å². The van der Waals surface area contributed by atoms with Crippen molar-refractivity contribution in [1.29, 1.82) is 0 Å². The van der Waals surface area contributed by atoms with Crippen LogP contribution >= 0.6 is 0 Å². The molecule has 2 unspecified atom stereocenters. The van der Waals surface area contributed by atoms with Gasteiger partial charge >= 0.3 is 0 Å². The van der Waals surface area contributed by atoms with Crippen LogP contribution in [-0.2, 0) is 9.47 Å². The van der Waals surface area contributed by atoms with Crippen LogP contribution in [-0.4, -0.2) is 50.4 Å². The number of nitrogens with zero attached hydrogens (tertiary/aromatic N) is 1. The molecule has 2 aromatic rings. The van der Waals surface area contributed by atoms with Crippen molar-refractivity contribution in [2.24, 2.45) is 0 Å². The summed E-state index contributed by atoms with van der Waals surface area (Å²) in [6.45, 7) is 2.41. The Balaban J connectivity index is 1.58. The van der Waals surface area contributed by atoms with Gasteiger partial charge in [-0.1, -0.05) is 24.3 Å². The maximum atomic E-state index is 13.2. The molecule has 0 aromatic heterocycles. The average molecular weight is 382 g/mol. The number of hydrogen-bond acceptors (Lipinski definition) is 5. The summed E-state index contributed by atoms with van der Waals surface area (Å²) in [6.07, 6.45) is 1.90. The van der Waals surface area contributed by atoms with E-state index in [4.69, 9.17) is 14.2 Å². The van der Waals surface area contributed by atoms with Gasteiger partial charge in [-0.3, -0.25) is 4.79 Å². The minimum Gasteiger partial charge on any atom is -0.491 e. The first-order chi connectivity index (χ1) is 13.8. The predicted molar refractivity (Wildman–Crippen MR) is 107 cm³/mol. The standard InChI is InChI=1S/C22H26N2O4/c1-26-13-14-28-17-10-8-16(9-11-17)21-23-20-7-3-2-6-19(20)22(25)24(21)15-18-5-4-12-27-18/h2-3,6-11,18,21,23H,4-5,12-15H2,1H3. The summed E-state index contributed by atoms with van der Waals surface area (Å²) in [5.74, 6) is 0.823. The molecule has 2 atom stereocenters. The van der Waals surface area contributed by atoms with E-state index in [1.54, 1.807) is 7.11 Å². The molecule has 2 aliphatic rings. The fourth-order valence-corrected chi connectivity index (χ4v) is 3.74. The lowest BCUT2D eigenvalue weighted by Crippen LogP contribution is -2.46. The third-order valence-corrected chi connectivity index (χ3v) is 5.20. The summed E-state index contributed by atoms with van der Waals surface area (Å²) in [6, 6.07) is 15.5. The molecule has 148 valence electrons. The smallest absolute Gasteiger partial charge is 0.257 e. The highest BCUT2D eigenvalue weighted by molar-refractivity contribution is 6.01. The number of anilines is 1. The van der Waals surface area contributed by atoms with Gasteiger partial charge in [0, 0.05) is 25.9 Å². The van der Waals surface area contributed by atoms with Gasteiger partial charge in [0.2, 0.25) is 0 Å². The normalized spacial score (nSPS) is 21.3. The number of benzene rings is 2. The van der Waals surface area contributed by atoms with Crippen molar-refractivity contribution in [3.8, 4) is 5.75 Å². The number of carbonyl (C=O) groups is 1. The van der Waals surface area contributed by atoms with Crippen molar-refractivity contribution in [3.63, 3.8) is 0 Å². The van der Waals surface area contributed by atoms with Gasteiger partial charge in [-0.25, -0.2) is 0 Å². The van der Waals surface area contributed by atoms with Crippen LogP contribution in [0.15, 0.2) is 48.5 Å². The van der Waals surface area contributed by atoms with Crippen LogP contribution in [0.5, 0.6) is 5.75 Å². The minimum atomic E-state index is -0.236. The van der Waals surface area contributed by atoms with E-state index in [-0.39, 0.29) is 18.2 Å². The Morgan fingerprint density at radius 3 is 2.71 bits per heavy atom. The molecule has 1 N–H and O–H groups in total. The second-order valence-corrected chi connectivity index (χ2v) is 7.10. The van der Waals surface area contributed by atoms with Crippen LogP contribution < -0.4 is 10.1 Å². The zero-order valence-electron chi connectivity index (χ0n) is 16.1. The van der Waals surface area contributed by atoms with Crippen LogP contribution in [0.3, 0.4) is 0 Å². The second-order valence-electron chi connectivity index (χ2n) is 7.10. The molecule has 0 radical (unpaired) electrons. The molecule has 2 aromatic carbocycles. The molecule has 1 amide bonds. The van der Waals surface area contributed by atoms with E-state index in [1.807, 2.05) is 53.4 Å². The zero-order valence-corrected chi connectivity index (χ0v) is 16.1. The lowest BCUT2D eigenvalue weighted by atomic mass is 10.0. The van der Waals surface area contributed by atoms with Gasteiger partial charge in [0.05, 0.1) is 18.3 Å². The van der Waals surface area contributed by atoms with E-state index in [9.17, 15) is 4.79 Å². The lowest BCUT2D eigenvalue weighted by Gasteiger charge is -2.39. The van der Waals surface area contributed by atoms with Crippen LogP contribution in [0, 0.1) is 0 Å². The Labute approximate surface area is 165 Å². The van der Waals surface area contributed by atoms with Gasteiger partial charge in [-0.15, -0.1) is 0 Å². The maximum Gasteiger partial charge on any atom is 0.257 e. The highest BCUT2D eigenvalue weighted by atomic mass is 16.5. The first kappa shape index (κ1) is 18.8. The molecule has 4 rings (SSSR count). The Bertz CT molecular complexity index is 802. The maximum absolute atomic E-state index is 13.2. The molecule has 0 bridgehead atoms. The molecule has 6 heteroatoms. The number of rotatable bonds is 7. The van der Waals surface area contributed by atoms with E-state index in [0.29, 0.717) is 25.3 Å². The van der Waals surface area contributed by atoms with Crippen LogP contribution in [0.1, 0.15) is 34.9 Å². The van der Waals surface area contributed by atoms with Gasteiger partial charge < -0.3 is 24.4 Å². The second kappa shape index (κ2) is 8.63. The largest absolute Gasteiger partial charge is 0.491 e. The number of ether oxygens (including phenoxy) is 3. The number of fused-ring (bicyclic) bond motifs is 1. The SMILES string of the molecule is COCCOc1ccc(C2Nc3ccccc3C(=O)N2CC2CCCO2)cc1. The van der Waals surface area contributed by atoms with Crippen molar-refractivity contribution in [3.05, 3.63) is 59.7 Å². The van der Waals surface area contributed by atoms with E-state index >= 15 is 0 Å². The van der Waals surface area contributed by atoms with Gasteiger partial charge in [-0.2, -0.15) is 0 Å². The molecular formula is C22H26N2O4. The molecule has 1 fully saturated rings. The highest BCUT2D eigenvalue weighted by Gasteiger charge is 2.35. The van der Waals surface area contributed by atoms with Crippen molar-refractivity contribution >= 4 is 11.6 Å². The Morgan fingerprint density at radius 2 is 1.96 bits per heavy atom. The van der Waals surface area contributed by atoms with Crippen LogP contribution in [0.4, 0.5) is 5.69 Å². The molecule has 0 saturated carbocycles. The molecule has 1 saturated heterocycles. The number of para-hydroxylation sites is 1. The van der Waals surface area contributed by atoms with E-state index < -0.39 is 0 Å². The number of amides is 1. The van der Waals surface area contributed by atoms with E-state index in [0.717, 1.165) is 36.4 Å². The van der Waals surface area contributed by atoms with Gasteiger partial charge in [-0.05, 0) is 42.7 Å². The summed E-state index contributed by atoms with van der Waals surface area (Å²) in [4.78, 5) is 15.1. The lowest BCUT2D eigenvalue weighted by molar-refractivity contribution is 0.0427. The summed E-state index contributed by atoms with van der Waals surface area (Å²) >= 11 is 0. The van der Waals surface area contributed by atoms with Crippen LogP contribution in [0.2, 0.25) is 0 Å². The summed E-state index contributed by atoms with van der Waals surface area (Å²) in [5, 5.41) is 3.53. The monoisotopic (exact) mass is 382 g/mol. The summed E-state index contributed by atoms with van der Waals surface area (Å²) in [7, 11) is 1.65. The number of hydrogen-bond donors (Lipinski definition) is 1. The van der Waals surface area contributed by atoms with Crippen molar-refractivity contribution in [2.75, 3.05) is 38.8 Å². The highest BCUT2D eigenvalue weighted by Crippen LogP contribution is 2.34.